The van der Waals surface area contributed by atoms with Crippen molar-refractivity contribution in [1.82, 2.24) is 15.5 Å². The van der Waals surface area contributed by atoms with Gasteiger partial charge in [-0.15, -0.1) is 0 Å². The molecule has 24 heavy (non-hydrogen) atoms. The fourth-order valence-corrected chi connectivity index (χ4v) is 3.66. The van der Waals surface area contributed by atoms with Gasteiger partial charge in [0.2, 0.25) is 0 Å². The lowest BCUT2D eigenvalue weighted by molar-refractivity contribution is -0.125. The molecule has 3 rings (SSSR count). The molecule has 0 bridgehead atoms. The molecule has 0 radical (unpaired) electrons. The van der Waals surface area contributed by atoms with E-state index in [0.29, 0.717) is 25.9 Å². The zero-order chi connectivity index (χ0) is 17.5. The fraction of sp³-hybridized carbons (Fsp3) is 0.500. The minimum atomic E-state index is -0.870. The maximum Gasteiger partial charge on any atom is 0.322 e. The Morgan fingerprint density at radius 1 is 1.21 bits per heavy atom. The van der Waals surface area contributed by atoms with Crippen molar-refractivity contribution in [3.63, 3.8) is 0 Å². The molecular weight excluding hydrogens is 306 g/mol. The van der Waals surface area contributed by atoms with E-state index in [-0.39, 0.29) is 17.7 Å². The molecule has 128 valence electrons. The lowest BCUT2D eigenvalue weighted by Crippen LogP contribution is -2.54. The molecule has 0 unspecified atom stereocenters. The minimum Gasteiger partial charge on any atom is -0.339 e. The standard InChI is InChI=1S/C18H23N3O3/c1-11-5-4-6-14(12(11)2)15(22)21-9-7-13(8-10-21)18(3)16(23)19-17(24)20-18/h4-6,13H,7-10H2,1-3H3,(H2,19,20,23,24)/t18-/m0/s1. The normalized spacial score (nSPS) is 24.7. The van der Waals surface area contributed by atoms with Crippen molar-refractivity contribution in [2.24, 2.45) is 5.92 Å². The second-order valence-electron chi connectivity index (χ2n) is 6.92. The molecule has 2 aliphatic heterocycles. The van der Waals surface area contributed by atoms with Crippen molar-refractivity contribution >= 4 is 17.8 Å². The summed E-state index contributed by atoms with van der Waals surface area (Å²) in [4.78, 5) is 38.1. The highest BCUT2D eigenvalue weighted by Crippen LogP contribution is 2.31. The number of benzene rings is 1. The largest absolute Gasteiger partial charge is 0.339 e. The number of likely N-dealkylation sites (tertiary alicyclic amines) is 1. The summed E-state index contributed by atoms with van der Waals surface area (Å²) in [7, 11) is 0. The van der Waals surface area contributed by atoms with Gasteiger partial charge in [0.05, 0.1) is 0 Å². The van der Waals surface area contributed by atoms with Gasteiger partial charge in [0.1, 0.15) is 5.54 Å². The Morgan fingerprint density at radius 2 is 1.88 bits per heavy atom. The highest BCUT2D eigenvalue weighted by atomic mass is 16.2. The molecular formula is C18H23N3O3. The van der Waals surface area contributed by atoms with Gasteiger partial charge in [-0.1, -0.05) is 12.1 Å². The van der Waals surface area contributed by atoms with Crippen molar-refractivity contribution in [1.29, 1.82) is 0 Å². The van der Waals surface area contributed by atoms with E-state index in [1.54, 1.807) is 6.92 Å². The summed E-state index contributed by atoms with van der Waals surface area (Å²) in [6.45, 7) is 6.92. The molecule has 0 spiro atoms. The first-order valence-electron chi connectivity index (χ1n) is 8.32. The van der Waals surface area contributed by atoms with Crippen molar-refractivity contribution in [3.8, 4) is 0 Å². The number of rotatable bonds is 2. The van der Waals surface area contributed by atoms with Gasteiger partial charge in [-0.25, -0.2) is 4.79 Å². The fourth-order valence-electron chi connectivity index (χ4n) is 3.66. The van der Waals surface area contributed by atoms with Crippen LogP contribution in [-0.4, -0.2) is 41.4 Å². The zero-order valence-electron chi connectivity index (χ0n) is 14.3. The predicted molar refractivity (Wildman–Crippen MR) is 89.6 cm³/mol. The molecule has 1 atom stereocenters. The summed E-state index contributed by atoms with van der Waals surface area (Å²) in [6, 6.07) is 5.33. The Hall–Kier alpha value is -2.37. The Kier molecular flexibility index (Phi) is 4.07. The van der Waals surface area contributed by atoms with Crippen LogP contribution < -0.4 is 10.6 Å². The van der Waals surface area contributed by atoms with Crippen LogP contribution in [-0.2, 0) is 4.79 Å². The van der Waals surface area contributed by atoms with E-state index in [1.165, 1.54) is 0 Å². The van der Waals surface area contributed by atoms with Crippen LogP contribution in [0.3, 0.4) is 0 Å². The summed E-state index contributed by atoms with van der Waals surface area (Å²) in [6.07, 6.45) is 1.39. The number of carbonyl (C=O) groups excluding carboxylic acids is 3. The van der Waals surface area contributed by atoms with Crippen molar-refractivity contribution in [2.75, 3.05) is 13.1 Å². The molecule has 6 heteroatoms. The molecule has 1 aromatic carbocycles. The monoisotopic (exact) mass is 329 g/mol. The predicted octanol–water partition coefficient (Wildman–Crippen LogP) is 1.75. The highest BCUT2D eigenvalue weighted by molar-refractivity contribution is 6.07. The van der Waals surface area contributed by atoms with Gasteiger partial charge in [0.25, 0.3) is 11.8 Å². The number of aryl methyl sites for hydroxylation is 1. The Balaban J connectivity index is 1.69. The summed E-state index contributed by atoms with van der Waals surface area (Å²) in [5.41, 5.74) is 1.99. The van der Waals surface area contributed by atoms with Gasteiger partial charge in [-0.2, -0.15) is 0 Å². The number of carbonyl (C=O) groups is 3. The molecule has 2 saturated heterocycles. The Bertz CT molecular complexity index is 707. The summed E-state index contributed by atoms with van der Waals surface area (Å²) in [5.74, 6) is -0.196. The number of piperidine rings is 1. The smallest absolute Gasteiger partial charge is 0.322 e. The minimum absolute atomic E-state index is 0.0339. The highest BCUT2D eigenvalue weighted by Gasteiger charge is 2.48. The molecule has 0 aromatic heterocycles. The SMILES string of the molecule is Cc1cccc(C(=O)N2CCC([C@]3(C)NC(=O)NC3=O)CC2)c1C. The van der Waals surface area contributed by atoms with E-state index in [1.807, 2.05) is 36.9 Å². The third-order valence-corrected chi connectivity index (χ3v) is 5.51. The number of nitrogens with zero attached hydrogens (tertiary/aromatic N) is 1. The third-order valence-electron chi connectivity index (χ3n) is 5.51. The maximum atomic E-state index is 12.8. The third kappa shape index (κ3) is 2.66. The summed E-state index contributed by atoms with van der Waals surface area (Å²) >= 11 is 0. The van der Waals surface area contributed by atoms with Crippen LogP contribution in [0.5, 0.6) is 0 Å². The number of hydrogen-bond acceptors (Lipinski definition) is 3. The van der Waals surface area contributed by atoms with Crippen LogP contribution in [0.15, 0.2) is 18.2 Å². The van der Waals surface area contributed by atoms with Gasteiger partial charge >= 0.3 is 6.03 Å². The van der Waals surface area contributed by atoms with E-state index in [0.717, 1.165) is 16.7 Å². The summed E-state index contributed by atoms with van der Waals surface area (Å²) in [5, 5.41) is 5.05. The van der Waals surface area contributed by atoms with Gasteiger partial charge < -0.3 is 10.2 Å². The first kappa shape index (κ1) is 16.5. The number of amides is 4. The average molecular weight is 329 g/mol. The first-order valence-corrected chi connectivity index (χ1v) is 8.32. The molecule has 4 amide bonds. The molecule has 0 saturated carbocycles. The van der Waals surface area contributed by atoms with E-state index < -0.39 is 11.6 Å². The molecule has 6 nitrogen and oxygen atoms in total. The number of urea groups is 1. The van der Waals surface area contributed by atoms with Crippen molar-refractivity contribution in [3.05, 3.63) is 34.9 Å². The van der Waals surface area contributed by atoms with Crippen LogP contribution in [0.25, 0.3) is 0 Å². The second-order valence-corrected chi connectivity index (χ2v) is 6.92. The quantitative estimate of drug-likeness (QED) is 0.812. The molecule has 2 fully saturated rings. The molecule has 2 N–H and O–H groups in total. The Labute approximate surface area is 141 Å². The van der Waals surface area contributed by atoms with Gasteiger partial charge in [-0.05, 0) is 56.7 Å². The maximum absolute atomic E-state index is 12.8. The number of nitrogens with one attached hydrogen (secondary N) is 2. The zero-order valence-corrected chi connectivity index (χ0v) is 14.3. The van der Waals surface area contributed by atoms with Crippen LogP contribution in [0.4, 0.5) is 4.79 Å². The number of hydrogen-bond donors (Lipinski definition) is 2. The molecule has 2 heterocycles. The topological polar surface area (TPSA) is 78.5 Å². The van der Waals surface area contributed by atoms with Gasteiger partial charge in [-0.3, -0.25) is 14.9 Å². The van der Waals surface area contributed by atoms with E-state index in [2.05, 4.69) is 10.6 Å². The van der Waals surface area contributed by atoms with Crippen LogP contribution in [0.1, 0.15) is 41.3 Å². The van der Waals surface area contributed by atoms with Crippen molar-refractivity contribution < 1.29 is 14.4 Å². The van der Waals surface area contributed by atoms with Gasteiger partial charge in [0.15, 0.2) is 0 Å². The number of imide groups is 1. The van der Waals surface area contributed by atoms with Crippen LogP contribution in [0, 0.1) is 19.8 Å². The van der Waals surface area contributed by atoms with Crippen LogP contribution >= 0.6 is 0 Å². The van der Waals surface area contributed by atoms with E-state index >= 15 is 0 Å². The lowest BCUT2D eigenvalue weighted by Gasteiger charge is -2.38. The Morgan fingerprint density at radius 3 is 2.46 bits per heavy atom. The molecule has 1 aromatic rings. The average Bonchev–Trinajstić information content (AvgIpc) is 2.83. The van der Waals surface area contributed by atoms with Gasteiger partial charge in [0, 0.05) is 18.7 Å². The second kappa shape index (κ2) is 5.92. The van der Waals surface area contributed by atoms with Crippen molar-refractivity contribution in [2.45, 2.75) is 39.2 Å². The molecule has 2 aliphatic rings. The summed E-state index contributed by atoms with van der Waals surface area (Å²) < 4.78 is 0. The van der Waals surface area contributed by atoms with Crippen LogP contribution in [0.2, 0.25) is 0 Å². The van der Waals surface area contributed by atoms with E-state index in [4.69, 9.17) is 0 Å². The lowest BCUT2D eigenvalue weighted by atomic mass is 9.79. The molecule has 0 aliphatic carbocycles. The van der Waals surface area contributed by atoms with E-state index in [9.17, 15) is 14.4 Å². The first-order chi connectivity index (χ1) is 11.3.